The third-order valence-electron chi connectivity index (χ3n) is 7.12. The molecule has 0 atom stereocenters. The average Bonchev–Trinajstić information content (AvgIpc) is 3.00. The Kier molecular flexibility index (Phi) is 9.04. The lowest BCUT2D eigenvalue weighted by Gasteiger charge is -2.17. The molecule has 0 N–H and O–H groups in total. The van der Waals surface area contributed by atoms with Gasteiger partial charge in [-0.25, -0.2) is 4.98 Å². The van der Waals surface area contributed by atoms with E-state index in [0.29, 0.717) is 43.8 Å². The molecular formula is C34H31Cl2N3O4. The molecule has 9 heteroatoms. The zero-order valence-electron chi connectivity index (χ0n) is 24.5. The average molecular weight is 617 g/mol. The van der Waals surface area contributed by atoms with Crippen molar-refractivity contribution in [2.75, 3.05) is 14.2 Å². The molecule has 0 aliphatic carbocycles. The van der Waals surface area contributed by atoms with Crippen molar-refractivity contribution in [3.63, 3.8) is 0 Å². The van der Waals surface area contributed by atoms with Gasteiger partial charge in [0.25, 0.3) is 5.56 Å². The maximum atomic E-state index is 13.9. The first kappa shape index (κ1) is 30.1. The Bertz CT molecular complexity index is 1900. The van der Waals surface area contributed by atoms with Gasteiger partial charge in [0.1, 0.15) is 12.4 Å². The Morgan fingerprint density at radius 2 is 1.72 bits per heavy atom. The normalized spacial score (nSPS) is 11.4. The van der Waals surface area contributed by atoms with Crippen LogP contribution in [-0.4, -0.2) is 30.1 Å². The Balaban J connectivity index is 1.65. The quantitative estimate of drug-likeness (QED) is 0.156. The summed E-state index contributed by atoms with van der Waals surface area (Å²) in [6.07, 6.45) is 1.57. The van der Waals surface area contributed by atoms with Gasteiger partial charge in [-0.3, -0.25) is 4.79 Å². The van der Waals surface area contributed by atoms with Gasteiger partial charge >= 0.3 is 0 Å². The minimum absolute atomic E-state index is 0.170. The fourth-order valence-corrected chi connectivity index (χ4v) is 5.29. The predicted molar refractivity (Wildman–Crippen MR) is 174 cm³/mol. The van der Waals surface area contributed by atoms with Gasteiger partial charge < -0.3 is 14.2 Å². The Labute approximate surface area is 260 Å². The monoisotopic (exact) mass is 615 g/mol. The van der Waals surface area contributed by atoms with Crippen LogP contribution in [0.25, 0.3) is 22.3 Å². The zero-order valence-corrected chi connectivity index (χ0v) is 26.0. The molecule has 0 aliphatic heterocycles. The fraction of sp³-hybridized carbons (Fsp3) is 0.206. The summed E-state index contributed by atoms with van der Waals surface area (Å²) in [4.78, 5) is 18.8. The van der Waals surface area contributed by atoms with Crippen LogP contribution in [0.3, 0.4) is 0 Å². The summed E-state index contributed by atoms with van der Waals surface area (Å²) in [5, 5.41) is 6.17. The predicted octanol–water partition coefficient (Wildman–Crippen LogP) is 8.28. The number of fused-ring (bicyclic) bond motifs is 1. The summed E-state index contributed by atoms with van der Waals surface area (Å²) < 4.78 is 18.8. The van der Waals surface area contributed by atoms with Gasteiger partial charge in [-0.2, -0.15) is 9.78 Å². The summed E-state index contributed by atoms with van der Waals surface area (Å²) in [6.45, 7) is 6.32. The Morgan fingerprint density at radius 1 is 0.953 bits per heavy atom. The standard InChI is InChI=1S/C34H31Cl2N3O4/c1-20(2)26-17-27(21(3)15-31(26)42-5)33-38-29-11-7-6-10-25(29)34(40)39(33)37-18-22-9-8-12-30(41-4)32(22)43-19-23-13-14-24(35)16-28(23)36/h6-18,20H,19H2,1-5H3. The van der Waals surface area contributed by atoms with Crippen LogP contribution >= 0.6 is 23.2 Å². The highest BCUT2D eigenvalue weighted by atomic mass is 35.5. The number of aromatic nitrogens is 2. The Hall–Kier alpha value is -4.33. The first-order valence-corrected chi connectivity index (χ1v) is 14.5. The summed E-state index contributed by atoms with van der Waals surface area (Å²) in [6, 6.07) is 21.9. The lowest BCUT2D eigenvalue weighted by Crippen LogP contribution is -2.21. The molecule has 1 aromatic heterocycles. The van der Waals surface area contributed by atoms with E-state index in [-0.39, 0.29) is 18.1 Å². The molecule has 7 nitrogen and oxygen atoms in total. The van der Waals surface area contributed by atoms with Gasteiger partial charge in [0, 0.05) is 26.7 Å². The first-order valence-electron chi connectivity index (χ1n) is 13.7. The molecule has 0 aliphatic rings. The molecule has 0 bridgehead atoms. The van der Waals surface area contributed by atoms with Crippen molar-refractivity contribution >= 4 is 40.3 Å². The molecule has 1 heterocycles. The molecule has 43 heavy (non-hydrogen) atoms. The number of benzene rings is 4. The SMILES string of the molecule is COc1cc(C)c(-c2nc3ccccc3c(=O)n2N=Cc2cccc(OC)c2OCc2ccc(Cl)cc2Cl)cc1C(C)C. The van der Waals surface area contributed by atoms with Crippen LogP contribution in [-0.2, 0) is 6.61 Å². The molecule has 0 unspecified atom stereocenters. The molecule has 0 saturated heterocycles. The zero-order chi connectivity index (χ0) is 30.7. The molecule has 0 radical (unpaired) electrons. The number of hydrogen-bond acceptors (Lipinski definition) is 6. The molecule has 0 fully saturated rings. The minimum Gasteiger partial charge on any atom is -0.496 e. The van der Waals surface area contributed by atoms with E-state index in [0.717, 1.165) is 28.0 Å². The number of rotatable bonds is 9. The molecule has 5 rings (SSSR count). The molecule has 0 amide bonds. The molecular weight excluding hydrogens is 585 g/mol. The van der Waals surface area contributed by atoms with Crippen molar-refractivity contribution in [1.29, 1.82) is 0 Å². The van der Waals surface area contributed by atoms with Gasteiger partial charge in [-0.05, 0) is 72.5 Å². The van der Waals surface area contributed by atoms with Crippen molar-refractivity contribution in [2.45, 2.75) is 33.3 Å². The third kappa shape index (κ3) is 6.24. The van der Waals surface area contributed by atoms with Crippen LogP contribution in [0.1, 0.15) is 42.0 Å². The molecule has 0 spiro atoms. The van der Waals surface area contributed by atoms with Crippen LogP contribution in [0.5, 0.6) is 17.2 Å². The highest BCUT2D eigenvalue weighted by molar-refractivity contribution is 6.35. The van der Waals surface area contributed by atoms with E-state index in [1.807, 2.05) is 55.5 Å². The van der Waals surface area contributed by atoms with Gasteiger partial charge in [0.05, 0.1) is 31.3 Å². The van der Waals surface area contributed by atoms with E-state index in [9.17, 15) is 4.79 Å². The number of ether oxygens (including phenoxy) is 3. The second kappa shape index (κ2) is 12.9. The minimum atomic E-state index is -0.295. The maximum Gasteiger partial charge on any atom is 0.282 e. The van der Waals surface area contributed by atoms with Crippen molar-refractivity contribution in [1.82, 2.24) is 9.66 Å². The van der Waals surface area contributed by atoms with E-state index in [1.165, 1.54) is 4.68 Å². The van der Waals surface area contributed by atoms with E-state index >= 15 is 0 Å². The smallest absolute Gasteiger partial charge is 0.282 e. The Morgan fingerprint density at radius 3 is 2.44 bits per heavy atom. The summed E-state index contributed by atoms with van der Waals surface area (Å²) in [7, 11) is 3.22. The van der Waals surface area contributed by atoms with E-state index < -0.39 is 0 Å². The molecule has 4 aromatic carbocycles. The topological polar surface area (TPSA) is 74.9 Å². The van der Waals surface area contributed by atoms with Gasteiger partial charge in [-0.1, -0.05) is 61.3 Å². The van der Waals surface area contributed by atoms with Crippen LogP contribution in [0, 0.1) is 6.92 Å². The second-order valence-electron chi connectivity index (χ2n) is 10.3. The highest BCUT2D eigenvalue weighted by Crippen LogP contribution is 2.35. The summed E-state index contributed by atoms with van der Waals surface area (Å²) in [5.41, 5.74) is 4.33. The van der Waals surface area contributed by atoms with Crippen LogP contribution < -0.4 is 19.8 Å². The molecule has 0 saturated carbocycles. The second-order valence-corrected chi connectivity index (χ2v) is 11.1. The number of halogens is 2. The summed E-state index contributed by atoms with van der Waals surface area (Å²) >= 11 is 12.4. The number of para-hydroxylation sites is 2. The van der Waals surface area contributed by atoms with Gasteiger partial charge in [0.15, 0.2) is 17.3 Å². The number of methoxy groups -OCH3 is 2. The largest absolute Gasteiger partial charge is 0.496 e. The highest BCUT2D eigenvalue weighted by Gasteiger charge is 2.19. The number of aryl methyl sites for hydroxylation is 1. The van der Waals surface area contributed by atoms with Crippen molar-refractivity contribution in [3.05, 3.63) is 115 Å². The van der Waals surface area contributed by atoms with Crippen molar-refractivity contribution in [3.8, 4) is 28.6 Å². The van der Waals surface area contributed by atoms with E-state index in [4.69, 9.17) is 42.4 Å². The lowest BCUT2D eigenvalue weighted by molar-refractivity contribution is 0.284. The number of hydrogen-bond donors (Lipinski definition) is 0. The maximum absolute atomic E-state index is 13.9. The van der Waals surface area contributed by atoms with Crippen molar-refractivity contribution in [2.24, 2.45) is 5.10 Å². The molecule has 5 aromatic rings. The lowest BCUT2D eigenvalue weighted by atomic mass is 9.96. The van der Waals surface area contributed by atoms with Crippen LogP contribution in [0.4, 0.5) is 0 Å². The summed E-state index contributed by atoms with van der Waals surface area (Å²) in [5.74, 6) is 2.34. The molecule has 220 valence electrons. The van der Waals surface area contributed by atoms with Gasteiger partial charge in [0.2, 0.25) is 0 Å². The number of nitrogens with zero attached hydrogens (tertiary/aromatic N) is 3. The van der Waals surface area contributed by atoms with Gasteiger partial charge in [-0.15, -0.1) is 0 Å². The fourth-order valence-electron chi connectivity index (χ4n) is 4.83. The van der Waals surface area contributed by atoms with Crippen LogP contribution in [0.15, 0.2) is 82.7 Å². The van der Waals surface area contributed by atoms with Crippen LogP contribution in [0.2, 0.25) is 10.0 Å². The van der Waals surface area contributed by atoms with Crippen molar-refractivity contribution < 1.29 is 14.2 Å². The van der Waals surface area contributed by atoms with E-state index in [1.54, 1.807) is 44.7 Å². The van der Waals surface area contributed by atoms with E-state index in [2.05, 4.69) is 18.9 Å². The third-order valence-corrected chi connectivity index (χ3v) is 7.71. The first-order chi connectivity index (χ1) is 20.7.